The maximum absolute atomic E-state index is 14.6. The fraction of sp³-hybridized carbons (Fsp3) is 0.833. The van der Waals surface area contributed by atoms with Gasteiger partial charge in [-0.3, -0.25) is 0 Å². The van der Waals surface area contributed by atoms with Gasteiger partial charge in [-0.15, -0.1) is 0 Å². The summed E-state index contributed by atoms with van der Waals surface area (Å²) in [6.07, 6.45) is 15.2. The minimum Gasteiger partial charge on any atom is -0.477 e. The summed E-state index contributed by atoms with van der Waals surface area (Å²) in [5.41, 5.74) is 3.90. The lowest BCUT2D eigenvalue weighted by molar-refractivity contribution is -0.221. The van der Waals surface area contributed by atoms with Gasteiger partial charge >= 0.3 is 11.9 Å². The molecule has 10 atom stereocenters. The predicted molar refractivity (Wildman–Crippen MR) is 199 cm³/mol. The Morgan fingerprint density at radius 3 is 2.35 bits per heavy atom. The molecule has 7 rings (SSSR count). The Labute approximate surface area is 306 Å². The summed E-state index contributed by atoms with van der Waals surface area (Å²) >= 11 is 0. The summed E-state index contributed by atoms with van der Waals surface area (Å²) in [4.78, 5) is 13.7. The molecule has 5 fully saturated rings. The Morgan fingerprint density at radius 2 is 1.69 bits per heavy atom. The Hall–Kier alpha value is -1.58. The first kappa shape index (κ1) is 37.7. The second kappa shape index (κ2) is 12.5. The van der Waals surface area contributed by atoms with Gasteiger partial charge in [-0.25, -0.2) is 13.2 Å². The molecular formula is C42H64F2N2O4S. The van der Waals surface area contributed by atoms with Crippen LogP contribution in [0.3, 0.4) is 0 Å². The number of allylic oxidation sites excluding steroid dienone is 5. The number of fused-ring (bicyclic) bond motifs is 7. The van der Waals surface area contributed by atoms with Crippen molar-refractivity contribution in [2.75, 3.05) is 37.7 Å². The molecule has 51 heavy (non-hydrogen) atoms. The predicted octanol–water partition coefficient (Wildman–Crippen LogP) is 8.31. The maximum atomic E-state index is 14.6. The average Bonchev–Trinajstić information content (AvgIpc) is 3.68. The van der Waals surface area contributed by atoms with E-state index < -0.39 is 27.6 Å². The van der Waals surface area contributed by atoms with Crippen molar-refractivity contribution in [2.45, 2.75) is 124 Å². The molecule has 2 N–H and O–H groups in total. The fourth-order valence-electron chi connectivity index (χ4n) is 14.4. The van der Waals surface area contributed by atoms with Crippen molar-refractivity contribution in [1.82, 2.24) is 10.2 Å². The van der Waals surface area contributed by atoms with Crippen LogP contribution in [0.1, 0.15) is 112 Å². The molecule has 6 nitrogen and oxygen atoms in total. The lowest BCUT2D eigenvalue weighted by Gasteiger charge is -2.72. The smallest absolute Gasteiger partial charge is 0.375 e. The molecule has 0 amide bonds. The zero-order valence-electron chi connectivity index (χ0n) is 32.1. The van der Waals surface area contributed by atoms with Crippen molar-refractivity contribution >= 4 is 15.8 Å². The van der Waals surface area contributed by atoms with Crippen molar-refractivity contribution in [3.05, 3.63) is 35.5 Å². The number of nitrogens with one attached hydrogen (secondary N) is 1. The number of rotatable bonds is 8. The molecular weight excluding hydrogens is 667 g/mol. The highest BCUT2D eigenvalue weighted by molar-refractivity contribution is 7.91. The van der Waals surface area contributed by atoms with Crippen LogP contribution >= 0.6 is 0 Å². The number of sulfone groups is 1. The third-order valence-corrected chi connectivity index (χ3v) is 18.8. The fourth-order valence-corrected chi connectivity index (χ4v) is 15.7. The van der Waals surface area contributed by atoms with Crippen LogP contribution in [0.15, 0.2) is 35.5 Å². The molecule has 0 aromatic heterocycles. The number of alkyl halides is 2. The summed E-state index contributed by atoms with van der Waals surface area (Å²) < 4.78 is 53.2. The quantitative estimate of drug-likeness (QED) is 0.245. The molecule has 0 aromatic rings. The van der Waals surface area contributed by atoms with E-state index in [0.29, 0.717) is 49.1 Å². The SMILES string of the molecule is C=C(C)C1CCC2(NCCN3CCS(=O)(=O)CC3)CCC3(C)C(CCC4C5(C)CC=C(C6=CC(C(F)(F)C(=O)O)CC6)C(C)(C)C5CCC43C)C12. The number of hydrogen-bond acceptors (Lipinski definition) is 5. The van der Waals surface area contributed by atoms with Gasteiger partial charge in [-0.1, -0.05) is 58.9 Å². The van der Waals surface area contributed by atoms with Crippen LogP contribution in [-0.2, 0) is 14.6 Å². The van der Waals surface area contributed by atoms with Gasteiger partial charge < -0.3 is 15.3 Å². The number of halogens is 2. The lowest BCUT2D eigenvalue weighted by atomic mass is 9.33. The van der Waals surface area contributed by atoms with Gasteiger partial charge in [0.05, 0.1) is 17.4 Å². The molecule has 1 saturated heterocycles. The normalized spacial score (nSPS) is 44.7. The van der Waals surface area contributed by atoms with Gasteiger partial charge in [-0.05, 0) is 140 Å². The van der Waals surface area contributed by atoms with Crippen molar-refractivity contribution < 1.29 is 27.1 Å². The molecule has 0 radical (unpaired) electrons. The van der Waals surface area contributed by atoms with Crippen LogP contribution in [0.4, 0.5) is 8.78 Å². The minimum atomic E-state index is -3.73. The minimum absolute atomic E-state index is 0.106. The van der Waals surface area contributed by atoms with Crippen LogP contribution < -0.4 is 5.32 Å². The van der Waals surface area contributed by atoms with Crippen LogP contribution in [0.5, 0.6) is 0 Å². The van der Waals surface area contributed by atoms with Gasteiger partial charge in [0.1, 0.15) is 0 Å². The standard InChI is InChI=1S/C42H64F2N2O4S/c1-27(2)30-12-17-41(45-20-21-46-22-24-51(49,50)25-23-46)19-18-39(6)32(35(30)41)10-11-34-38(5)15-13-31(37(3,4)33(38)14-16-40(34,39)7)28-8-9-29(26-28)42(43,44)36(47)48/h13,26,29-30,32-35,45H,1,8-12,14-25H2,2-7H3,(H,47,48). The van der Waals surface area contributed by atoms with E-state index in [4.69, 9.17) is 0 Å². The van der Waals surface area contributed by atoms with Crippen molar-refractivity contribution in [3.8, 4) is 0 Å². The van der Waals surface area contributed by atoms with Crippen LogP contribution in [0, 0.1) is 57.2 Å². The van der Waals surface area contributed by atoms with Gasteiger partial charge in [0.2, 0.25) is 0 Å². The Morgan fingerprint density at radius 1 is 0.980 bits per heavy atom. The number of carboxylic acid groups (broad SMARTS) is 1. The monoisotopic (exact) mass is 730 g/mol. The van der Waals surface area contributed by atoms with Crippen molar-refractivity contribution in [1.29, 1.82) is 0 Å². The molecule has 10 unspecified atom stereocenters. The zero-order chi connectivity index (χ0) is 37.0. The molecule has 6 aliphatic carbocycles. The average molecular weight is 731 g/mol. The third-order valence-electron chi connectivity index (χ3n) is 17.2. The first-order chi connectivity index (χ1) is 23.7. The number of hydrogen-bond donors (Lipinski definition) is 2. The van der Waals surface area contributed by atoms with E-state index in [-0.39, 0.29) is 45.1 Å². The van der Waals surface area contributed by atoms with E-state index in [9.17, 15) is 27.1 Å². The second-order valence-electron chi connectivity index (χ2n) is 19.6. The number of nitrogens with zero attached hydrogens (tertiary/aromatic N) is 1. The topological polar surface area (TPSA) is 86.7 Å². The molecule has 1 heterocycles. The summed E-state index contributed by atoms with van der Waals surface area (Å²) in [5, 5.41) is 13.4. The molecule has 4 saturated carbocycles. The Bertz CT molecular complexity index is 1610. The van der Waals surface area contributed by atoms with E-state index in [1.807, 2.05) is 0 Å². The van der Waals surface area contributed by atoms with Crippen LogP contribution in [0.25, 0.3) is 0 Å². The van der Waals surface area contributed by atoms with Crippen molar-refractivity contribution in [2.24, 2.45) is 57.2 Å². The molecule has 7 aliphatic rings. The first-order valence-electron chi connectivity index (χ1n) is 20.1. The van der Waals surface area contributed by atoms with E-state index in [1.165, 1.54) is 56.1 Å². The van der Waals surface area contributed by atoms with E-state index in [1.54, 1.807) is 6.08 Å². The molecule has 9 heteroatoms. The molecule has 0 aromatic carbocycles. The van der Waals surface area contributed by atoms with Crippen LogP contribution in [-0.4, -0.2) is 73.5 Å². The maximum Gasteiger partial charge on any atom is 0.375 e. The molecule has 0 spiro atoms. The number of aliphatic carboxylic acids is 1. The summed E-state index contributed by atoms with van der Waals surface area (Å²) in [5.74, 6) is -3.75. The molecule has 1 aliphatic heterocycles. The lowest BCUT2D eigenvalue weighted by Crippen LogP contribution is -2.68. The van der Waals surface area contributed by atoms with E-state index in [2.05, 4.69) is 64.4 Å². The number of carbonyl (C=O) groups is 1. The largest absolute Gasteiger partial charge is 0.477 e. The summed E-state index contributed by atoms with van der Waals surface area (Å²) in [6, 6.07) is 0. The molecule has 0 bridgehead atoms. The highest BCUT2D eigenvalue weighted by atomic mass is 32.2. The van der Waals surface area contributed by atoms with Crippen LogP contribution in [0.2, 0.25) is 0 Å². The number of carboxylic acids is 1. The summed E-state index contributed by atoms with van der Waals surface area (Å²) in [7, 11) is -2.88. The summed E-state index contributed by atoms with van der Waals surface area (Å²) in [6.45, 7) is 22.4. The highest BCUT2D eigenvalue weighted by Crippen LogP contribution is 2.76. The van der Waals surface area contributed by atoms with Gasteiger partial charge in [0.25, 0.3) is 0 Å². The molecule has 286 valence electrons. The van der Waals surface area contributed by atoms with Gasteiger partial charge in [0.15, 0.2) is 9.84 Å². The second-order valence-corrected chi connectivity index (χ2v) is 21.9. The highest BCUT2D eigenvalue weighted by Gasteiger charge is 2.70. The van der Waals surface area contributed by atoms with Gasteiger partial charge in [0, 0.05) is 31.7 Å². The van der Waals surface area contributed by atoms with Crippen molar-refractivity contribution in [3.63, 3.8) is 0 Å². The first-order valence-corrected chi connectivity index (χ1v) is 21.9. The zero-order valence-corrected chi connectivity index (χ0v) is 32.9. The van der Waals surface area contributed by atoms with E-state index in [0.717, 1.165) is 31.5 Å². The Balaban J connectivity index is 1.14. The van der Waals surface area contributed by atoms with E-state index >= 15 is 0 Å². The Kier molecular flexibility index (Phi) is 9.23. The van der Waals surface area contributed by atoms with Gasteiger partial charge in [-0.2, -0.15) is 8.78 Å². The third kappa shape index (κ3) is 5.69.